The molecule has 3 aliphatic rings. The molecule has 2 N–H and O–H groups in total. The van der Waals surface area contributed by atoms with Gasteiger partial charge in [-0.1, -0.05) is 44.9 Å². The molecule has 8 heteroatoms. The van der Waals surface area contributed by atoms with E-state index in [1.54, 1.807) is 0 Å². The molecule has 1 aliphatic carbocycles. The molecular formula is C27H39N7S. The van der Waals surface area contributed by atoms with E-state index in [-0.39, 0.29) is 0 Å². The normalized spacial score (nSPS) is 23.4. The first-order chi connectivity index (χ1) is 17.0. The van der Waals surface area contributed by atoms with Crippen LogP contribution in [0.3, 0.4) is 0 Å². The maximum Gasteiger partial charge on any atom is 0.232 e. The van der Waals surface area contributed by atoms with Gasteiger partial charge in [-0.2, -0.15) is 9.97 Å². The summed E-state index contributed by atoms with van der Waals surface area (Å²) < 4.78 is 0. The molecule has 1 aromatic heterocycles. The second-order valence-corrected chi connectivity index (χ2v) is 11.1. The van der Waals surface area contributed by atoms with E-state index in [2.05, 4.69) is 75.6 Å². The molecule has 0 amide bonds. The minimum absolute atomic E-state index is 0.465. The van der Waals surface area contributed by atoms with Crippen LogP contribution in [-0.4, -0.2) is 60.4 Å². The molecule has 0 spiro atoms. The van der Waals surface area contributed by atoms with E-state index in [0.717, 1.165) is 50.9 Å². The van der Waals surface area contributed by atoms with Gasteiger partial charge in [0.1, 0.15) is 11.6 Å². The lowest BCUT2D eigenvalue weighted by molar-refractivity contribution is 0.355. The molecule has 1 saturated carbocycles. The Bertz CT molecular complexity index is 976. The number of thiocarbonyl (C=S) groups is 1. The third-order valence-corrected chi connectivity index (χ3v) is 7.75. The maximum absolute atomic E-state index is 5.64. The van der Waals surface area contributed by atoms with Crippen molar-refractivity contribution in [1.82, 2.24) is 15.3 Å². The Balaban J connectivity index is 1.33. The molecule has 0 unspecified atom stereocenters. The van der Waals surface area contributed by atoms with Crippen LogP contribution in [0.15, 0.2) is 36.4 Å². The highest BCUT2D eigenvalue weighted by Crippen LogP contribution is 2.29. The third kappa shape index (κ3) is 6.15. The largest absolute Gasteiger partial charge is 0.368 e. The van der Waals surface area contributed by atoms with Gasteiger partial charge in [0.15, 0.2) is 5.11 Å². The van der Waals surface area contributed by atoms with E-state index in [1.807, 2.05) is 0 Å². The zero-order valence-electron chi connectivity index (χ0n) is 21.1. The molecule has 3 heterocycles. The van der Waals surface area contributed by atoms with Gasteiger partial charge in [0.05, 0.1) is 0 Å². The van der Waals surface area contributed by atoms with Crippen LogP contribution in [0.4, 0.5) is 23.3 Å². The molecule has 2 saturated heterocycles. The topological polar surface area (TPSA) is 59.6 Å². The molecule has 5 rings (SSSR count). The van der Waals surface area contributed by atoms with Gasteiger partial charge < -0.3 is 25.3 Å². The van der Waals surface area contributed by atoms with Crippen LogP contribution < -0.4 is 25.3 Å². The highest BCUT2D eigenvalue weighted by molar-refractivity contribution is 7.80. The predicted octanol–water partition coefficient (Wildman–Crippen LogP) is 4.51. The van der Waals surface area contributed by atoms with Crippen molar-refractivity contribution < 1.29 is 0 Å². The summed E-state index contributed by atoms with van der Waals surface area (Å²) >= 11 is 5.64. The van der Waals surface area contributed by atoms with Crippen molar-refractivity contribution in [2.75, 3.05) is 59.3 Å². The number of nitrogens with one attached hydrogen (secondary N) is 2. The number of piperazine rings is 1. The Morgan fingerprint density at radius 3 is 2.11 bits per heavy atom. The minimum Gasteiger partial charge on any atom is -0.368 e. The number of anilines is 4. The van der Waals surface area contributed by atoms with Crippen molar-refractivity contribution in [3.8, 4) is 0 Å². The van der Waals surface area contributed by atoms with E-state index in [9.17, 15) is 0 Å². The lowest BCUT2D eigenvalue weighted by Gasteiger charge is -2.38. The van der Waals surface area contributed by atoms with Crippen LogP contribution >= 0.6 is 12.2 Å². The van der Waals surface area contributed by atoms with Crippen LogP contribution in [-0.2, 0) is 0 Å². The van der Waals surface area contributed by atoms with Gasteiger partial charge in [0.25, 0.3) is 0 Å². The lowest BCUT2D eigenvalue weighted by atomic mass is 9.92. The van der Waals surface area contributed by atoms with Crippen LogP contribution in [0, 0.1) is 11.8 Å². The van der Waals surface area contributed by atoms with E-state index < -0.39 is 0 Å². The van der Waals surface area contributed by atoms with E-state index in [4.69, 9.17) is 22.2 Å². The first-order valence-corrected chi connectivity index (χ1v) is 13.7. The Morgan fingerprint density at radius 2 is 1.46 bits per heavy atom. The van der Waals surface area contributed by atoms with Gasteiger partial charge in [-0.3, -0.25) is 0 Å². The Hall–Kier alpha value is -2.61. The Labute approximate surface area is 215 Å². The molecule has 2 atom stereocenters. The average Bonchev–Trinajstić information content (AvgIpc) is 3.37. The zero-order chi connectivity index (χ0) is 24.2. The quantitative estimate of drug-likeness (QED) is 0.590. The SMILES string of the molecule is C[C@H]1C[C@H](C)CN(c2cc(N3CCN(c4ccccc4)CC3)nc(NC(=S)NC3CCCC3)n2)C1. The van der Waals surface area contributed by atoms with Gasteiger partial charge in [0, 0.05) is 57.1 Å². The molecular weight excluding hydrogens is 454 g/mol. The summed E-state index contributed by atoms with van der Waals surface area (Å²) in [5, 5.41) is 7.42. The van der Waals surface area contributed by atoms with Crippen LogP contribution in [0.5, 0.6) is 0 Å². The van der Waals surface area contributed by atoms with Gasteiger partial charge in [-0.25, -0.2) is 0 Å². The summed E-state index contributed by atoms with van der Waals surface area (Å²) in [6.07, 6.45) is 6.19. The Morgan fingerprint density at radius 1 is 0.857 bits per heavy atom. The number of aromatic nitrogens is 2. The molecule has 2 aliphatic heterocycles. The van der Waals surface area contributed by atoms with Gasteiger partial charge in [0.2, 0.25) is 5.95 Å². The number of hydrogen-bond donors (Lipinski definition) is 2. The van der Waals surface area contributed by atoms with Crippen molar-refractivity contribution in [1.29, 1.82) is 0 Å². The fraction of sp³-hybridized carbons (Fsp3) is 0.593. The molecule has 2 aromatic rings. The van der Waals surface area contributed by atoms with Gasteiger partial charge >= 0.3 is 0 Å². The van der Waals surface area contributed by atoms with Crippen molar-refractivity contribution in [2.45, 2.75) is 52.0 Å². The number of nitrogens with zero attached hydrogens (tertiary/aromatic N) is 5. The summed E-state index contributed by atoms with van der Waals surface area (Å²) in [7, 11) is 0. The third-order valence-electron chi connectivity index (χ3n) is 7.53. The molecule has 0 radical (unpaired) electrons. The van der Waals surface area contributed by atoms with Crippen molar-refractivity contribution in [2.24, 2.45) is 11.8 Å². The number of para-hydroxylation sites is 1. The Kier molecular flexibility index (Phi) is 7.56. The van der Waals surface area contributed by atoms with Gasteiger partial charge in [-0.15, -0.1) is 0 Å². The number of piperidine rings is 1. The number of hydrogen-bond acceptors (Lipinski definition) is 6. The van der Waals surface area contributed by atoms with E-state index >= 15 is 0 Å². The number of rotatable bonds is 5. The van der Waals surface area contributed by atoms with Gasteiger partial charge in [-0.05, 0) is 55.4 Å². The summed E-state index contributed by atoms with van der Waals surface area (Å²) in [5.74, 6) is 3.91. The fourth-order valence-electron chi connectivity index (χ4n) is 5.88. The van der Waals surface area contributed by atoms with Crippen molar-refractivity contribution >= 4 is 40.6 Å². The first-order valence-electron chi connectivity index (χ1n) is 13.3. The lowest BCUT2D eigenvalue weighted by Crippen LogP contribution is -2.47. The number of benzene rings is 1. The predicted molar refractivity (Wildman–Crippen MR) is 150 cm³/mol. The second kappa shape index (κ2) is 11.0. The van der Waals surface area contributed by atoms with Crippen molar-refractivity contribution in [3.05, 3.63) is 36.4 Å². The summed E-state index contributed by atoms with van der Waals surface area (Å²) in [5.41, 5.74) is 1.29. The monoisotopic (exact) mass is 493 g/mol. The highest BCUT2D eigenvalue weighted by Gasteiger charge is 2.26. The standard InChI is InChI=1S/C27H39N7S/c1-20-16-21(2)19-34(18-20)25-17-24(29-26(30-25)31-27(35)28-22-8-6-7-9-22)33-14-12-32(13-15-33)23-10-4-3-5-11-23/h3-5,10-11,17,20-22H,6-9,12-16,18-19H2,1-2H3,(H2,28,29,30,31,35)/t20-,21-/m0/s1. The fourth-order valence-corrected chi connectivity index (χ4v) is 6.14. The maximum atomic E-state index is 5.64. The first kappa shape index (κ1) is 24.1. The van der Waals surface area contributed by atoms with Crippen LogP contribution in [0.2, 0.25) is 0 Å². The molecule has 1 aromatic carbocycles. The van der Waals surface area contributed by atoms with E-state index in [0.29, 0.717) is 28.9 Å². The molecule has 0 bridgehead atoms. The zero-order valence-corrected chi connectivity index (χ0v) is 21.9. The summed E-state index contributed by atoms with van der Waals surface area (Å²) in [4.78, 5) is 17.1. The minimum atomic E-state index is 0.465. The highest BCUT2D eigenvalue weighted by atomic mass is 32.1. The molecule has 35 heavy (non-hydrogen) atoms. The van der Waals surface area contributed by atoms with Crippen LogP contribution in [0.1, 0.15) is 46.0 Å². The summed E-state index contributed by atoms with van der Waals surface area (Å²) in [6.45, 7) is 10.6. The van der Waals surface area contributed by atoms with Crippen LogP contribution in [0.25, 0.3) is 0 Å². The molecule has 188 valence electrons. The smallest absolute Gasteiger partial charge is 0.232 e. The second-order valence-electron chi connectivity index (χ2n) is 10.6. The molecule has 3 fully saturated rings. The average molecular weight is 494 g/mol. The van der Waals surface area contributed by atoms with E-state index in [1.165, 1.54) is 37.8 Å². The summed E-state index contributed by atoms with van der Waals surface area (Å²) in [6, 6.07) is 13.3. The molecule has 7 nitrogen and oxygen atoms in total. The van der Waals surface area contributed by atoms with Crippen molar-refractivity contribution in [3.63, 3.8) is 0 Å².